The standard InChI is InChI=1S/C20H18Cl2N6.C18H14Cl2F3N5.C17H18Cl2N6.C16H16Cl2N6/c1-12-10-18(26-20(25-12)14-7-6-13(21)11-16(14)22)23-8-9-24-19-15-4-2-3-5-17(15)27-28-19;19-11-4-5-12(14(20)9-11)16-27-10-13(18(21,22)23)17(28-16)26-8-7-25-15-3-1-2-6-24-15;1-10-7-15(20-5-6-21-16-8-11(2)24-25-16)23-17(22-10)13-4-3-12(18)9-14(13)19;1-10-8-15(20-7-6-19-14-4-5-21-24-14)23-16(22-10)12-3-2-11(17)9-13(12)18/h2-7,10-11H,8-9H2,1H3,(H,23,25,26)(H2,24,27,28);1-6,9-10H,7-8H2,(H,24,25)(H,26,27,28);3-4,7-9H,5-6H2,1-2H3,(H,20,22,23)(H2,21,24,25);2-5,8-9H,6-7H2,1H3,(H2,19,21,24)(H,20,22,23). The Morgan fingerprint density at radius 2 is 0.800 bits per heavy atom. The van der Waals surface area contributed by atoms with E-state index in [0.29, 0.717) is 103 Å². The summed E-state index contributed by atoms with van der Waals surface area (Å²) in [6, 6.07) is 43.3. The number of fused-ring (bicyclic) bond motifs is 1. The molecule has 23 nitrogen and oxygen atoms in total. The molecule has 0 fully saturated rings. The van der Waals surface area contributed by atoms with E-state index in [0.717, 1.165) is 98.0 Å². The van der Waals surface area contributed by atoms with Crippen molar-refractivity contribution in [2.75, 3.05) is 94.9 Å². The van der Waals surface area contributed by atoms with Crippen LogP contribution < -0.4 is 42.5 Å². The number of rotatable bonds is 24. The highest BCUT2D eigenvalue weighted by Gasteiger charge is 2.35. The zero-order valence-corrected chi connectivity index (χ0v) is 62.3. The number of hydrogen-bond donors (Lipinski definition) is 11. The normalized spacial score (nSPS) is 10.9. The third-order valence-electron chi connectivity index (χ3n) is 14.6. The summed E-state index contributed by atoms with van der Waals surface area (Å²) in [7, 11) is 0. The van der Waals surface area contributed by atoms with Crippen LogP contribution in [-0.4, -0.2) is 128 Å². The Hall–Kier alpha value is -10.0. The van der Waals surface area contributed by atoms with Crippen molar-refractivity contribution in [1.29, 1.82) is 0 Å². The molecule has 8 aromatic heterocycles. The van der Waals surface area contributed by atoms with Gasteiger partial charge in [0, 0.05) is 160 Å². The van der Waals surface area contributed by atoms with E-state index in [1.807, 2.05) is 100 Å². The molecule has 34 heteroatoms. The highest BCUT2D eigenvalue weighted by atomic mass is 35.5. The maximum atomic E-state index is 13.3. The predicted octanol–water partition coefficient (Wildman–Crippen LogP) is 18.9. The molecule has 11 N–H and O–H groups in total. The molecule has 0 aliphatic carbocycles. The zero-order valence-electron chi connectivity index (χ0n) is 56.3. The molecule has 0 amide bonds. The summed E-state index contributed by atoms with van der Waals surface area (Å²) >= 11 is 48.7. The number of para-hydroxylation sites is 1. The van der Waals surface area contributed by atoms with Crippen molar-refractivity contribution in [2.24, 2.45) is 0 Å². The molecular weight excluding hydrogens is 1520 g/mol. The molecule has 0 aliphatic heterocycles. The Balaban J connectivity index is 0.000000150. The van der Waals surface area contributed by atoms with Gasteiger partial charge >= 0.3 is 6.18 Å². The van der Waals surface area contributed by atoms with Gasteiger partial charge in [0.15, 0.2) is 29.1 Å². The number of nitrogens with zero attached hydrogens (tertiary/aromatic N) is 12. The number of alkyl halides is 3. The molecule has 0 spiro atoms. The van der Waals surface area contributed by atoms with Crippen LogP contribution >= 0.6 is 92.8 Å². The lowest BCUT2D eigenvalue weighted by Gasteiger charge is -2.15. The number of hydrogen-bond acceptors (Lipinski definition) is 20. The van der Waals surface area contributed by atoms with Crippen LogP contribution in [0.4, 0.5) is 59.7 Å². The topological polar surface area (TPSA) is 298 Å². The molecule has 13 rings (SSSR count). The molecule has 5 aromatic carbocycles. The summed E-state index contributed by atoms with van der Waals surface area (Å²) in [5, 5.41) is 51.5. The second-order valence-electron chi connectivity index (χ2n) is 22.8. The summed E-state index contributed by atoms with van der Waals surface area (Å²) in [6.07, 6.45) is -0.545. The van der Waals surface area contributed by atoms with Crippen LogP contribution in [0.15, 0.2) is 164 Å². The van der Waals surface area contributed by atoms with E-state index >= 15 is 0 Å². The molecule has 0 radical (unpaired) electrons. The van der Waals surface area contributed by atoms with Gasteiger partial charge in [-0.25, -0.2) is 44.9 Å². The minimum absolute atomic E-state index is 0.0647. The maximum absolute atomic E-state index is 13.3. The van der Waals surface area contributed by atoms with Crippen molar-refractivity contribution in [3.05, 3.63) is 233 Å². The van der Waals surface area contributed by atoms with Gasteiger partial charge < -0.3 is 42.5 Å². The number of nitrogens with one attached hydrogen (secondary N) is 11. The van der Waals surface area contributed by atoms with Gasteiger partial charge in [-0.2, -0.15) is 28.5 Å². The van der Waals surface area contributed by atoms with Crippen LogP contribution in [0.1, 0.15) is 28.3 Å². The molecule has 0 aliphatic rings. The van der Waals surface area contributed by atoms with E-state index in [2.05, 4.69) is 118 Å². The van der Waals surface area contributed by atoms with E-state index in [9.17, 15) is 13.2 Å². The van der Waals surface area contributed by atoms with Crippen LogP contribution in [0, 0.1) is 27.7 Å². The summed E-state index contributed by atoms with van der Waals surface area (Å²) in [5.41, 5.74) is 6.27. The lowest BCUT2D eigenvalue weighted by atomic mass is 10.2. The summed E-state index contributed by atoms with van der Waals surface area (Å²) in [6.45, 7) is 12.4. The Morgan fingerprint density at radius 3 is 1.24 bits per heavy atom. The van der Waals surface area contributed by atoms with Gasteiger partial charge in [0.25, 0.3) is 0 Å². The van der Waals surface area contributed by atoms with Crippen LogP contribution in [0.25, 0.3) is 56.5 Å². The fraction of sp³-hybridized carbons (Fsp3) is 0.183. The van der Waals surface area contributed by atoms with E-state index < -0.39 is 11.7 Å². The van der Waals surface area contributed by atoms with Gasteiger partial charge in [-0.05, 0) is 131 Å². The minimum atomic E-state index is -4.60. The summed E-state index contributed by atoms with van der Waals surface area (Å²) < 4.78 is 39.9. The first kappa shape index (κ1) is 77.6. The van der Waals surface area contributed by atoms with Crippen molar-refractivity contribution in [3.63, 3.8) is 0 Å². The van der Waals surface area contributed by atoms with Gasteiger partial charge in [0.1, 0.15) is 46.3 Å². The summed E-state index contributed by atoms with van der Waals surface area (Å²) in [4.78, 5) is 39.0. The van der Waals surface area contributed by atoms with Crippen LogP contribution in [-0.2, 0) is 6.18 Å². The highest BCUT2D eigenvalue weighted by Crippen LogP contribution is 2.37. The molecule has 0 saturated carbocycles. The monoisotopic (exact) mass is 1580 g/mol. The second kappa shape index (κ2) is 37.6. The number of aryl methyl sites for hydroxylation is 4. The lowest BCUT2D eigenvalue weighted by Crippen LogP contribution is -2.19. The number of halogens is 11. The molecule has 542 valence electrons. The number of aromatic nitrogens is 15. The molecule has 0 unspecified atom stereocenters. The van der Waals surface area contributed by atoms with Crippen LogP contribution in [0.3, 0.4) is 0 Å². The molecule has 8 heterocycles. The minimum Gasteiger partial charge on any atom is -0.369 e. The summed E-state index contributed by atoms with van der Waals surface area (Å²) in [5.74, 6) is 6.83. The molecule has 13 aromatic rings. The van der Waals surface area contributed by atoms with Gasteiger partial charge in [-0.15, -0.1) is 0 Å². The van der Waals surface area contributed by atoms with Crippen LogP contribution in [0.5, 0.6) is 0 Å². The van der Waals surface area contributed by atoms with Crippen molar-refractivity contribution >= 4 is 150 Å². The SMILES string of the molecule is Cc1cc(NCCNc2cc(C)[nH]n2)nc(-c2ccc(Cl)cc2Cl)n1.Cc1cc(NCCNc2ccn[nH]2)nc(-c2ccc(Cl)cc2Cl)n1.Cc1cc(NCCNc2n[nH]c3ccccc23)nc(-c2ccc(Cl)cc2Cl)n1.FC(F)(F)c1cnc(-c2ccc(Cl)cc2Cl)nc1NCCNc1ccccn1. The number of anilines is 8. The van der Waals surface area contributed by atoms with Gasteiger partial charge in [-0.1, -0.05) is 111 Å². The first-order valence-corrected chi connectivity index (χ1v) is 35.2. The van der Waals surface area contributed by atoms with Crippen molar-refractivity contribution in [2.45, 2.75) is 33.9 Å². The first-order chi connectivity index (χ1) is 50.6. The molecule has 0 bridgehead atoms. The third-order valence-corrected chi connectivity index (χ3v) is 16.8. The number of pyridine rings is 1. The average Bonchev–Trinajstić information content (AvgIpc) is 1.64. The number of aromatic amines is 3. The smallest absolute Gasteiger partial charge is 0.369 e. The van der Waals surface area contributed by atoms with E-state index in [-0.39, 0.29) is 23.2 Å². The third kappa shape index (κ3) is 23.2. The first-order valence-electron chi connectivity index (χ1n) is 32.2. The Labute approximate surface area is 641 Å². The Kier molecular flexibility index (Phi) is 27.8. The van der Waals surface area contributed by atoms with Crippen molar-refractivity contribution < 1.29 is 13.2 Å². The van der Waals surface area contributed by atoms with Crippen molar-refractivity contribution in [3.8, 4) is 45.6 Å². The molecule has 0 saturated heterocycles. The van der Waals surface area contributed by atoms with Crippen LogP contribution in [0.2, 0.25) is 40.2 Å². The fourth-order valence-corrected chi connectivity index (χ4v) is 11.8. The largest absolute Gasteiger partial charge is 0.421 e. The highest BCUT2D eigenvalue weighted by molar-refractivity contribution is 6.38. The molecule has 105 heavy (non-hydrogen) atoms. The average molecular weight is 1580 g/mol. The van der Waals surface area contributed by atoms with E-state index in [1.54, 1.807) is 79.1 Å². The predicted molar refractivity (Wildman–Crippen MR) is 419 cm³/mol. The van der Waals surface area contributed by atoms with Crippen molar-refractivity contribution in [1.82, 2.24) is 75.4 Å². The lowest BCUT2D eigenvalue weighted by molar-refractivity contribution is -0.137. The quantitative estimate of drug-likeness (QED) is 0.0251. The molecule has 0 atom stereocenters. The number of benzene rings is 5. The fourth-order valence-electron chi connectivity index (χ4n) is 9.82. The second-order valence-corrected chi connectivity index (χ2v) is 26.1. The van der Waals surface area contributed by atoms with Gasteiger partial charge in [-0.3, -0.25) is 15.3 Å². The van der Waals surface area contributed by atoms with E-state index in [4.69, 9.17) is 92.8 Å². The number of H-pyrrole nitrogens is 3. The van der Waals surface area contributed by atoms with E-state index in [1.165, 1.54) is 6.07 Å². The van der Waals surface area contributed by atoms with Gasteiger partial charge in [0.05, 0.1) is 31.8 Å². The molecular formula is C71H66Cl8F3N23. The zero-order chi connectivity index (χ0) is 74.4. The van der Waals surface area contributed by atoms with Gasteiger partial charge in [0.2, 0.25) is 0 Å². The Morgan fingerprint density at radius 1 is 0.362 bits per heavy atom. The maximum Gasteiger partial charge on any atom is 0.421 e. The Bertz CT molecular complexity index is 5020.